The Bertz CT molecular complexity index is 264. The summed E-state index contributed by atoms with van der Waals surface area (Å²) in [4.78, 5) is 14.0. The fraction of sp³-hybridized carbons (Fsp3) is 0.923. The average molecular weight is 240 g/mol. The van der Waals surface area contributed by atoms with Gasteiger partial charge < -0.3 is 15.3 Å². The molecule has 1 saturated heterocycles. The lowest BCUT2D eigenvalue weighted by Crippen LogP contribution is -2.52. The predicted octanol–water partition coefficient (Wildman–Crippen LogP) is 0.890. The topological polar surface area (TPSA) is 52.6 Å². The van der Waals surface area contributed by atoms with Crippen molar-refractivity contribution in [2.45, 2.75) is 63.6 Å². The van der Waals surface area contributed by atoms with Gasteiger partial charge in [0, 0.05) is 19.1 Å². The number of aliphatic hydroxyl groups excluding tert-OH is 1. The fourth-order valence-electron chi connectivity index (χ4n) is 2.91. The third-order valence-electron chi connectivity index (χ3n) is 3.98. The molecule has 98 valence electrons. The number of nitrogens with one attached hydrogen (secondary N) is 1. The standard InChI is InChI=1S/C13H24N2O2/c1-10(13(17)15-8-4-5-9-15)14-11-6-2-3-7-12(11)16/h10-12,14,16H,2-9H2,1H3/t10?,11-,12-/m1/s1. The summed E-state index contributed by atoms with van der Waals surface area (Å²) >= 11 is 0. The van der Waals surface area contributed by atoms with Crippen molar-refractivity contribution in [3.63, 3.8) is 0 Å². The van der Waals surface area contributed by atoms with E-state index < -0.39 is 0 Å². The second-order valence-corrected chi connectivity index (χ2v) is 5.38. The third kappa shape index (κ3) is 3.19. The summed E-state index contributed by atoms with van der Waals surface area (Å²) in [6.07, 6.45) is 6.08. The van der Waals surface area contributed by atoms with Crippen LogP contribution in [0, 0.1) is 0 Å². The molecule has 1 amide bonds. The second-order valence-electron chi connectivity index (χ2n) is 5.38. The number of likely N-dealkylation sites (tertiary alicyclic amines) is 1. The van der Waals surface area contributed by atoms with Crippen molar-refractivity contribution in [1.29, 1.82) is 0 Å². The molecule has 0 spiro atoms. The molecule has 4 nitrogen and oxygen atoms in total. The molecular weight excluding hydrogens is 216 g/mol. The van der Waals surface area contributed by atoms with Crippen molar-refractivity contribution in [3.8, 4) is 0 Å². The minimum atomic E-state index is -0.280. The first-order valence-corrected chi connectivity index (χ1v) is 6.91. The van der Waals surface area contributed by atoms with Crippen LogP contribution in [0.3, 0.4) is 0 Å². The summed E-state index contributed by atoms with van der Waals surface area (Å²) in [5, 5.41) is 13.2. The first kappa shape index (κ1) is 12.8. The van der Waals surface area contributed by atoms with Crippen LogP contribution in [0.4, 0.5) is 0 Å². The van der Waals surface area contributed by atoms with Gasteiger partial charge in [-0.05, 0) is 32.6 Å². The Hall–Kier alpha value is -0.610. The molecule has 2 fully saturated rings. The second kappa shape index (κ2) is 5.83. The summed E-state index contributed by atoms with van der Waals surface area (Å²) < 4.78 is 0. The van der Waals surface area contributed by atoms with Gasteiger partial charge in [-0.15, -0.1) is 0 Å². The smallest absolute Gasteiger partial charge is 0.239 e. The first-order valence-electron chi connectivity index (χ1n) is 6.91. The molecule has 2 rings (SSSR count). The monoisotopic (exact) mass is 240 g/mol. The van der Waals surface area contributed by atoms with Crippen molar-refractivity contribution >= 4 is 5.91 Å². The Morgan fingerprint density at radius 3 is 2.53 bits per heavy atom. The maximum absolute atomic E-state index is 12.1. The highest BCUT2D eigenvalue weighted by Crippen LogP contribution is 2.19. The minimum absolute atomic E-state index is 0.102. The molecule has 2 aliphatic rings. The van der Waals surface area contributed by atoms with Gasteiger partial charge in [-0.1, -0.05) is 12.8 Å². The Kier molecular flexibility index (Phi) is 4.40. The molecule has 0 radical (unpaired) electrons. The predicted molar refractivity (Wildman–Crippen MR) is 66.7 cm³/mol. The number of carbonyl (C=O) groups excluding carboxylic acids is 1. The van der Waals surface area contributed by atoms with Gasteiger partial charge in [-0.25, -0.2) is 0 Å². The van der Waals surface area contributed by atoms with Gasteiger partial charge in [0.25, 0.3) is 0 Å². The summed E-state index contributed by atoms with van der Waals surface area (Å²) in [6.45, 7) is 3.72. The highest BCUT2D eigenvalue weighted by molar-refractivity contribution is 5.81. The van der Waals surface area contributed by atoms with Crippen molar-refractivity contribution in [2.24, 2.45) is 0 Å². The molecule has 1 saturated carbocycles. The lowest BCUT2D eigenvalue weighted by atomic mass is 9.92. The number of carbonyl (C=O) groups is 1. The molecule has 1 heterocycles. The van der Waals surface area contributed by atoms with Gasteiger partial charge in [-0.2, -0.15) is 0 Å². The van der Waals surface area contributed by atoms with E-state index in [1.54, 1.807) is 0 Å². The molecule has 1 unspecified atom stereocenters. The maximum Gasteiger partial charge on any atom is 0.239 e. The van der Waals surface area contributed by atoms with Crippen molar-refractivity contribution < 1.29 is 9.90 Å². The van der Waals surface area contributed by atoms with Crippen LogP contribution >= 0.6 is 0 Å². The van der Waals surface area contributed by atoms with Crippen LogP contribution in [0.5, 0.6) is 0 Å². The minimum Gasteiger partial charge on any atom is -0.392 e. The molecule has 1 aliphatic carbocycles. The number of nitrogens with zero attached hydrogens (tertiary/aromatic N) is 1. The molecule has 2 N–H and O–H groups in total. The van der Waals surface area contributed by atoms with Gasteiger partial charge in [-0.3, -0.25) is 4.79 Å². The van der Waals surface area contributed by atoms with Crippen LogP contribution in [-0.4, -0.2) is 47.2 Å². The van der Waals surface area contributed by atoms with Crippen molar-refractivity contribution in [1.82, 2.24) is 10.2 Å². The maximum atomic E-state index is 12.1. The van der Waals surface area contributed by atoms with E-state index in [0.29, 0.717) is 0 Å². The number of amides is 1. The number of hydrogen-bond donors (Lipinski definition) is 2. The Morgan fingerprint density at radius 2 is 1.88 bits per heavy atom. The molecular formula is C13H24N2O2. The first-order chi connectivity index (χ1) is 8.18. The van der Waals surface area contributed by atoms with E-state index in [9.17, 15) is 9.90 Å². The largest absolute Gasteiger partial charge is 0.392 e. The third-order valence-corrected chi connectivity index (χ3v) is 3.98. The van der Waals surface area contributed by atoms with Crippen LogP contribution in [-0.2, 0) is 4.79 Å². The van der Waals surface area contributed by atoms with Crippen LogP contribution in [0.2, 0.25) is 0 Å². The van der Waals surface area contributed by atoms with Crippen LogP contribution in [0.1, 0.15) is 45.4 Å². The molecule has 0 bridgehead atoms. The van der Waals surface area contributed by atoms with E-state index in [4.69, 9.17) is 0 Å². The molecule has 4 heteroatoms. The SMILES string of the molecule is CC(N[C@@H]1CCCC[C@H]1O)C(=O)N1CCCC1. The summed E-state index contributed by atoms with van der Waals surface area (Å²) in [7, 11) is 0. The summed E-state index contributed by atoms with van der Waals surface area (Å²) in [6, 6.07) is -0.0591. The van der Waals surface area contributed by atoms with Gasteiger partial charge in [0.15, 0.2) is 0 Å². The molecule has 3 atom stereocenters. The zero-order chi connectivity index (χ0) is 12.3. The number of rotatable bonds is 3. The van der Waals surface area contributed by atoms with Crippen molar-refractivity contribution in [3.05, 3.63) is 0 Å². The molecule has 0 aromatic carbocycles. The Balaban J connectivity index is 1.82. The summed E-state index contributed by atoms with van der Waals surface area (Å²) in [5.41, 5.74) is 0. The highest BCUT2D eigenvalue weighted by Gasteiger charge is 2.28. The van der Waals surface area contributed by atoms with E-state index in [1.165, 1.54) is 0 Å². The zero-order valence-corrected chi connectivity index (χ0v) is 10.7. The highest BCUT2D eigenvalue weighted by atomic mass is 16.3. The van der Waals surface area contributed by atoms with Gasteiger partial charge in [0.1, 0.15) is 0 Å². The quantitative estimate of drug-likeness (QED) is 0.770. The van der Waals surface area contributed by atoms with E-state index in [-0.39, 0.29) is 24.1 Å². The fourth-order valence-corrected chi connectivity index (χ4v) is 2.91. The van der Waals surface area contributed by atoms with Gasteiger partial charge in [0.2, 0.25) is 5.91 Å². The van der Waals surface area contributed by atoms with Crippen LogP contribution in [0.25, 0.3) is 0 Å². The molecule has 17 heavy (non-hydrogen) atoms. The van der Waals surface area contributed by atoms with E-state index in [1.807, 2.05) is 11.8 Å². The number of aliphatic hydroxyl groups is 1. The number of hydrogen-bond acceptors (Lipinski definition) is 3. The molecule has 1 aliphatic heterocycles. The van der Waals surface area contributed by atoms with E-state index in [0.717, 1.165) is 51.6 Å². The lowest BCUT2D eigenvalue weighted by Gasteiger charge is -2.32. The van der Waals surface area contributed by atoms with Crippen molar-refractivity contribution in [2.75, 3.05) is 13.1 Å². The van der Waals surface area contributed by atoms with E-state index in [2.05, 4.69) is 5.32 Å². The van der Waals surface area contributed by atoms with E-state index >= 15 is 0 Å². The molecule has 0 aromatic rings. The average Bonchev–Trinajstić information content (AvgIpc) is 2.84. The molecule has 0 aromatic heterocycles. The Labute approximate surface area is 103 Å². The van der Waals surface area contributed by atoms with Crippen LogP contribution in [0.15, 0.2) is 0 Å². The Morgan fingerprint density at radius 1 is 1.24 bits per heavy atom. The lowest BCUT2D eigenvalue weighted by molar-refractivity contribution is -0.132. The van der Waals surface area contributed by atoms with Gasteiger partial charge in [0.05, 0.1) is 12.1 Å². The van der Waals surface area contributed by atoms with Gasteiger partial charge >= 0.3 is 0 Å². The summed E-state index contributed by atoms with van der Waals surface area (Å²) in [5.74, 6) is 0.195. The van der Waals surface area contributed by atoms with Crippen LogP contribution < -0.4 is 5.32 Å². The normalized spacial score (nSPS) is 31.5. The zero-order valence-electron chi connectivity index (χ0n) is 10.7.